The zero-order valence-electron chi connectivity index (χ0n) is 16.8. The van der Waals surface area contributed by atoms with E-state index in [1.165, 1.54) is 0 Å². The molecule has 1 aliphatic heterocycles. The minimum absolute atomic E-state index is 0.136. The average Bonchev–Trinajstić information content (AvgIpc) is 3.24. The van der Waals surface area contributed by atoms with Crippen LogP contribution in [0.5, 0.6) is 5.75 Å². The Morgan fingerprint density at radius 3 is 2.43 bits per heavy atom. The van der Waals surface area contributed by atoms with Crippen molar-refractivity contribution < 1.29 is 14.1 Å². The second kappa shape index (κ2) is 9.28. The van der Waals surface area contributed by atoms with Crippen LogP contribution in [0.2, 0.25) is 5.02 Å². The highest BCUT2D eigenvalue weighted by Crippen LogP contribution is 2.20. The lowest BCUT2D eigenvalue weighted by atomic mass is 10.1. The van der Waals surface area contributed by atoms with E-state index < -0.39 is 0 Å². The predicted molar refractivity (Wildman–Crippen MR) is 113 cm³/mol. The number of hydrogen-bond donors (Lipinski definition) is 0. The normalized spacial score (nSPS) is 14.7. The zero-order valence-corrected chi connectivity index (χ0v) is 17.5. The summed E-state index contributed by atoms with van der Waals surface area (Å²) in [4.78, 5) is 21.2. The van der Waals surface area contributed by atoms with Crippen LogP contribution in [0, 0.1) is 0 Å². The van der Waals surface area contributed by atoms with Crippen molar-refractivity contribution in [1.29, 1.82) is 0 Å². The maximum atomic E-state index is 12.5. The maximum Gasteiger partial charge on any atom is 0.241 e. The topological polar surface area (TPSA) is 71.7 Å². The smallest absolute Gasteiger partial charge is 0.241 e. The maximum absolute atomic E-state index is 12.5. The molecule has 2 aromatic carbocycles. The van der Waals surface area contributed by atoms with E-state index in [0.717, 1.165) is 30.0 Å². The van der Waals surface area contributed by atoms with E-state index in [-0.39, 0.29) is 5.91 Å². The lowest BCUT2D eigenvalue weighted by molar-refractivity contribution is -0.132. The van der Waals surface area contributed by atoms with Crippen molar-refractivity contribution in [2.24, 2.45) is 0 Å². The Labute approximate surface area is 180 Å². The number of methoxy groups -OCH3 is 1. The third-order valence-corrected chi connectivity index (χ3v) is 5.42. The van der Waals surface area contributed by atoms with Gasteiger partial charge in [0.1, 0.15) is 5.75 Å². The van der Waals surface area contributed by atoms with Gasteiger partial charge in [0.2, 0.25) is 17.6 Å². The molecular formula is C22H23ClN4O3. The van der Waals surface area contributed by atoms with Gasteiger partial charge in [0.15, 0.2) is 0 Å². The number of rotatable bonds is 6. The number of halogens is 1. The summed E-state index contributed by atoms with van der Waals surface area (Å²) in [7, 11) is 1.63. The van der Waals surface area contributed by atoms with Crippen molar-refractivity contribution in [1.82, 2.24) is 19.9 Å². The largest absolute Gasteiger partial charge is 0.497 e. The van der Waals surface area contributed by atoms with Crippen LogP contribution in [0.4, 0.5) is 0 Å². The molecule has 1 saturated heterocycles. The van der Waals surface area contributed by atoms with Gasteiger partial charge in [0.25, 0.3) is 0 Å². The minimum Gasteiger partial charge on any atom is -0.497 e. The van der Waals surface area contributed by atoms with Crippen LogP contribution in [0.3, 0.4) is 0 Å². The summed E-state index contributed by atoms with van der Waals surface area (Å²) in [6, 6.07) is 15.0. The van der Waals surface area contributed by atoms with Gasteiger partial charge in [-0.25, -0.2) is 0 Å². The average molecular weight is 427 g/mol. The Kier molecular flexibility index (Phi) is 6.30. The lowest BCUT2D eigenvalue weighted by Gasteiger charge is -2.34. The van der Waals surface area contributed by atoms with Crippen molar-refractivity contribution in [3.63, 3.8) is 0 Å². The van der Waals surface area contributed by atoms with E-state index in [9.17, 15) is 4.79 Å². The summed E-state index contributed by atoms with van der Waals surface area (Å²) in [6.07, 6.45) is 0.395. The number of amides is 1. The fourth-order valence-corrected chi connectivity index (χ4v) is 3.54. The molecule has 1 aliphatic rings. The molecule has 2 heterocycles. The highest BCUT2D eigenvalue weighted by Gasteiger charge is 2.22. The Morgan fingerprint density at radius 1 is 1.07 bits per heavy atom. The molecule has 0 atom stereocenters. The fraction of sp³-hybridized carbons (Fsp3) is 0.318. The predicted octanol–water partition coefficient (Wildman–Crippen LogP) is 3.29. The van der Waals surface area contributed by atoms with Crippen LogP contribution in [-0.2, 0) is 17.8 Å². The molecule has 30 heavy (non-hydrogen) atoms. The molecule has 0 bridgehead atoms. The molecule has 0 N–H and O–H groups in total. The highest BCUT2D eigenvalue weighted by molar-refractivity contribution is 6.30. The van der Waals surface area contributed by atoms with Crippen molar-refractivity contribution in [3.05, 3.63) is 65.0 Å². The highest BCUT2D eigenvalue weighted by atomic mass is 35.5. The molecule has 0 saturated carbocycles. The summed E-state index contributed by atoms with van der Waals surface area (Å²) < 4.78 is 10.6. The number of ether oxygens (including phenoxy) is 1. The first-order valence-electron chi connectivity index (χ1n) is 9.82. The number of benzene rings is 2. The Morgan fingerprint density at radius 2 is 1.77 bits per heavy atom. The van der Waals surface area contributed by atoms with Gasteiger partial charge in [-0.1, -0.05) is 28.9 Å². The van der Waals surface area contributed by atoms with Gasteiger partial charge >= 0.3 is 0 Å². The first-order valence-corrected chi connectivity index (χ1v) is 10.2. The van der Waals surface area contributed by atoms with E-state index in [1.54, 1.807) is 7.11 Å². The number of piperazine rings is 1. The van der Waals surface area contributed by atoms with Crippen molar-refractivity contribution in [2.45, 2.75) is 13.0 Å². The van der Waals surface area contributed by atoms with Gasteiger partial charge in [-0.2, -0.15) is 4.98 Å². The summed E-state index contributed by atoms with van der Waals surface area (Å²) in [5.74, 6) is 2.05. The molecule has 1 amide bonds. The van der Waals surface area contributed by atoms with E-state index in [1.807, 2.05) is 53.4 Å². The van der Waals surface area contributed by atoms with E-state index in [2.05, 4.69) is 15.0 Å². The Hall–Kier alpha value is -2.90. The molecular weight excluding hydrogens is 404 g/mol. The molecule has 156 valence electrons. The van der Waals surface area contributed by atoms with Crippen LogP contribution in [0.1, 0.15) is 11.5 Å². The number of aromatic nitrogens is 2. The molecule has 0 spiro atoms. The molecule has 7 nitrogen and oxygen atoms in total. The summed E-state index contributed by atoms with van der Waals surface area (Å²) in [5.41, 5.74) is 1.85. The molecule has 3 aromatic rings. The number of hydrogen-bond acceptors (Lipinski definition) is 6. The number of carbonyl (C=O) groups is 1. The van der Waals surface area contributed by atoms with Crippen molar-refractivity contribution in [3.8, 4) is 17.1 Å². The molecule has 0 radical (unpaired) electrons. The van der Waals surface area contributed by atoms with Crippen molar-refractivity contribution >= 4 is 17.5 Å². The molecule has 1 fully saturated rings. The van der Waals surface area contributed by atoms with Gasteiger partial charge in [-0.15, -0.1) is 0 Å². The Balaban J connectivity index is 1.28. The second-order valence-electron chi connectivity index (χ2n) is 7.20. The summed E-state index contributed by atoms with van der Waals surface area (Å²) >= 11 is 5.90. The number of nitrogens with zero attached hydrogens (tertiary/aromatic N) is 4. The van der Waals surface area contributed by atoms with E-state index in [4.69, 9.17) is 20.9 Å². The second-order valence-corrected chi connectivity index (χ2v) is 7.64. The first kappa shape index (κ1) is 20.4. The van der Waals surface area contributed by atoms with Gasteiger partial charge in [0.05, 0.1) is 20.1 Å². The molecule has 4 rings (SSSR count). The SMILES string of the molecule is COc1ccc(-c2noc(CN3CCN(C(=O)Cc4ccc(Cl)cc4)CC3)n2)cc1. The minimum atomic E-state index is 0.136. The van der Waals surface area contributed by atoms with Crippen LogP contribution < -0.4 is 4.74 Å². The van der Waals surface area contributed by atoms with Crippen LogP contribution in [0.15, 0.2) is 53.1 Å². The summed E-state index contributed by atoms with van der Waals surface area (Å²) in [5, 5.41) is 4.75. The zero-order chi connectivity index (χ0) is 20.9. The van der Waals surface area contributed by atoms with E-state index in [0.29, 0.717) is 42.8 Å². The van der Waals surface area contributed by atoms with E-state index >= 15 is 0 Å². The quantitative estimate of drug-likeness (QED) is 0.602. The standard InChI is InChI=1S/C22H23ClN4O3/c1-29-19-8-4-17(5-9-19)22-24-20(30-25-22)15-26-10-12-27(13-11-26)21(28)14-16-2-6-18(23)7-3-16/h2-9H,10-15H2,1H3. The first-order chi connectivity index (χ1) is 14.6. The fourth-order valence-electron chi connectivity index (χ4n) is 3.41. The van der Waals surface area contributed by atoms with Crippen LogP contribution in [-0.4, -0.2) is 59.1 Å². The summed E-state index contributed by atoms with van der Waals surface area (Å²) in [6.45, 7) is 3.49. The molecule has 1 aromatic heterocycles. The third kappa shape index (κ3) is 4.98. The van der Waals surface area contributed by atoms with Gasteiger partial charge in [-0.3, -0.25) is 9.69 Å². The van der Waals surface area contributed by atoms with Gasteiger partial charge in [-0.05, 0) is 42.0 Å². The third-order valence-electron chi connectivity index (χ3n) is 5.17. The van der Waals surface area contributed by atoms with Gasteiger partial charge < -0.3 is 14.2 Å². The molecule has 0 aliphatic carbocycles. The van der Waals surface area contributed by atoms with Crippen molar-refractivity contribution in [2.75, 3.05) is 33.3 Å². The number of carbonyl (C=O) groups excluding carboxylic acids is 1. The van der Waals surface area contributed by atoms with Gasteiger partial charge in [0, 0.05) is 36.8 Å². The molecule has 8 heteroatoms. The Bertz CT molecular complexity index is 980. The molecule has 0 unspecified atom stereocenters. The van der Waals surface area contributed by atoms with Crippen LogP contribution in [0.25, 0.3) is 11.4 Å². The van der Waals surface area contributed by atoms with Crippen LogP contribution >= 0.6 is 11.6 Å². The monoisotopic (exact) mass is 426 g/mol. The lowest BCUT2D eigenvalue weighted by Crippen LogP contribution is -2.48.